The Labute approximate surface area is 502 Å². The van der Waals surface area contributed by atoms with Gasteiger partial charge in [0.05, 0.1) is 0 Å². The summed E-state index contributed by atoms with van der Waals surface area (Å²) >= 11 is 0. The van der Waals surface area contributed by atoms with Crippen LogP contribution < -0.4 is 20.9 Å². The summed E-state index contributed by atoms with van der Waals surface area (Å²) in [5, 5.41) is 11.3. The van der Waals surface area contributed by atoms with Crippen LogP contribution in [0.1, 0.15) is 166 Å². The maximum absolute atomic E-state index is 13.8. The molecule has 4 nitrogen and oxygen atoms in total. The van der Waals surface area contributed by atoms with Crippen molar-refractivity contribution >= 4 is 77.7 Å². The first kappa shape index (κ1) is 63.0. The predicted octanol–water partition coefficient (Wildman–Crippen LogP) is 17.5. The van der Waals surface area contributed by atoms with E-state index < -0.39 is 0 Å². The van der Waals surface area contributed by atoms with Crippen LogP contribution in [0.5, 0.6) is 0 Å². The van der Waals surface area contributed by atoms with Gasteiger partial charge < -0.3 is 0 Å². The van der Waals surface area contributed by atoms with Gasteiger partial charge in [-0.3, -0.25) is 19.2 Å². The molecule has 438 valence electrons. The van der Waals surface area contributed by atoms with E-state index in [1.807, 2.05) is 0 Å². The van der Waals surface area contributed by atoms with E-state index in [1.54, 1.807) is 0 Å². The van der Waals surface area contributed by atoms with Crippen LogP contribution in [0, 0.1) is 43.3 Å². The molecule has 0 unspecified atom stereocenters. The molecule has 4 aliphatic rings. The zero-order valence-electron chi connectivity index (χ0n) is 55.3. The van der Waals surface area contributed by atoms with E-state index in [4.69, 9.17) is 0 Å². The highest BCUT2D eigenvalue weighted by molar-refractivity contribution is 6.18. The van der Waals surface area contributed by atoms with Gasteiger partial charge in [-0.05, 0) is 167 Å². The molecule has 0 saturated heterocycles. The Morgan fingerprint density at radius 3 is 0.524 bits per heavy atom. The molecule has 9 rings (SSSR count). The van der Waals surface area contributed by atoms with Gasteiger partial charge in [-0.15, -0.1) is 0 Å². The minimum atomic E-state index is -0.300. The SMILES string of the molecule is CC(C)(C)C1=CC(=c2c3ccccc3c(=C3C=C(C(C)(C)C)C(=O)C(C(C)(C)C)=C3)c3ccccc23)C=C(C(C)(C)C)C1=O.CC(C)(C)C1=CC(=c2ccc(=C3C=C(C(C)(C)C)C(=O)C(C(C)(C)C)=C3)c3ccccc23)C=C(C(C)(C)C)C1=O. The maximum atomic E-state index is 13.8. The van der Waals surface area contributed by atoms with Crippen molar-refractivity contribution < 1.29 is 19.2 Å². The number of ketones is 4. The first-order valence-electron chi connectivity index (χ1n) is 30.3. The second-order valence-electron chi connectivity index (χ2n) is 32.1. The third-order valence-electron chi connectivity index (χ3n) is 16.9. The van der Waals surface area contributed by atoms with E-state index in [0.29, 0.717) is 0 Å². The van der Waals surface area contributed by atoms with Crippen LogP contribution in [-0.2, 0) is 19.2 Å². The number of fused-ring (bicyclic) bond motifs is 3. The van der Waals surface area contributed by atoms with Crippen molar-refractivity contribution in [2.45, 2.75) is 166 Å². The van der Waals surface area contributed by atoms with Crippen molar-refractivity contribution in [3.8, 4) is 0 Å². The molecule has 0 spiro atoms. The highest BCUT2D eigenvalue weighted by Gasteiger charge is 2.39. The lowest BCUT2D eigenvalue weighted by Crippen LogP contribution is -2.30. The minimum absolute atomic E-state index is 0.140. The highest BCUT2D eigenvalue weighted by Crippen LogP contribution is 2.44. The zero-order chi connectivity index (χ0) is 62.6. The highest BCUT2D eigenvalue weighted by atomic mass is 16.1. The maximum Gasteiger partial charge on any atom is 0.186 e. The van der Waals surface area contributed by atoms with Gasteiger partial charge >= 0.3 is 0 Å². The summed E-state index contributed by atoms with van der Waals surface area (Å²) in [6, 6.07) is 30.1. The van der Waals surface area contributed by atoms with Crippen molar-refractivity contribution in [3.05, 3.63) is 199 Å². The monoisotopic (exact) mass is 1120 g/mol. The third kappa shape index (κ3) is 12.2. The molecule has 0 atom stereocenters. The van der Waals surface area contributed by atoms with Gasteiger partial charge in [0.15, 0.2) is 23.1 Å². The Kier molecular flexibility index (Phi) is 16.1. The third-order valence-corrected chi connectivity index (χ3v) is 16.9. The molecule has 0 bridgehead atoms. The number of Topliss-reactive ketones (excluding diaryl/α,β-unsaturated/α-hetero) is 4. The fraction of sp³-hybridized carbons (Fsp3) is 0.400. The molecule has 5 aromatic rings. The lowest BCUT2D eigenvalue weighted by molar-refractivity contribution is -0.114. The fourth-order valence-corrected chi connectivity index (χ4v) is 12.1. The van der Waals surface area contributed by atoms with Crippen LogP contribution >= 0.6 is 0 Å². The summed E-state index contributed by atoms with van der Waals surface area (Å²) in [5.41, 5.74) is 8.75. The van der Waals surface area contributed by atoms with Crippen LogP contribution in [-0.4, -0.2) is 23.1 Å². The molecular weight excluding hydrogens is 1020 g/mol. The molecule has 0 fully saturated rings. The van der Waals surface area contributed by atoms with Crippen LogP contribution in [0.15, 0.2) is 178 Å². The van der Waals surface area contributed by atoms with Gasteiger partial charge in [-0.25, -0.2) is 0 Å². The Morgan fingerprint density at radius 2 is 0.357 bits per heavy atom. The van der Waals surface area contributed by atoms with Crippen molar-refractivity contribution in [1.29, 1.82) is 0 Å². The number of allylic oxidation sites excluding steroid dienone is 16. The Morgan fingerprint density at radius 1 is 0.202 bits per heavy atom. The largest absolute Gasteiger partial charge is 0.289 e. The van der Waals surface area contributed by atoms with Crippen LogP contribution in [0.4, 0.5) is 0 Å². The number of carbonyl (C=O) groups excluding carboxylic acids is 4. The summed E-state index contributed by atoms with van der Waals surface area (Å²) in [6.07, 6.45) is 16.9. The average molecular weight is 1120 g/mol. The van der Waals surface area contributed by atoms with E-state index in [-0.39, 0.29) is 66.5 Å². The topological polar surface area (TPSA) is 68.3 Å². The fourth-order valence-electron chi connectivity index (χ4n) is 12.1. The summed E-state index contributed by atoms with van der Waals surface area (Å²) in [6.45, 7) is 50.8. The smallest absolute Gasteiger partial charge is 0.186 e. The van der Waals surface area contributed by atoms with Gasteiger partial charge in [-0.2, -0.15) is 0 Å². The van der Waals surface area contributed by atoms with Crippen molar-refractivity contribution in [2.24, 2.45) is 43.3 Å². The van der Waals surface area contributed by atoms with Crippen LogP contribution in [0.25, 0.3) is 54.6 Å². The molecule has 5 aromatic carbocycles. The lowest BCUT2D eigenvalue weighted by Gasteiger charge is -2.32. The van der Waals surface area contributed by atoms with E-state index in [0.717, 1.165) is 120 Å². The van der Waals surface area contributed by atoms with Crippen molar-refractivity contribution in [3.63, 3.8) is 0 Å². The number of hydrogen-bond donors (Lipinski definition) is 0. The molecule has 0 heterocycles. The first-order chi connectivity index (χ1) is 38.4. The molecule has 0 radical (unpaired) electrons. The Balaban J connectivity index is 0.000000220. The second kappa shape index (κ2) is 21.5. The lowest BCUT2D eigenvalue weighted by atomic mass is 9.71. The summed E-state index contributed by atoms with van der Waals surface area (Å²) in [4.78, 5) is 54.8. The quantitative estimate of drug-likeness (QED) is 0.145. The number of carbonyl (C=O) groups is 4. The summed E-state index contributed by atoms with van der Waals surface area (Å²) < 4.78 is 0. The molecule has 0 aliphatic heterocycles. The second-order valence-corrected chi connectivity index (χ2v) is 32.1. The molecule has 84 heavy (non-hydrogen) atoms. The van der Waals surface area contributed by atoms with E-state index in [9.17, 15) is 19.2 Å². The summed E-state index contributed by atoms with van der Waals surface area (Å²) in [7, 11) is 0. The molecule has 4 heteroatoms. The van der Waals surface area contributed by atoms with Gasteiger partial charge in [0, 0.05) is 44.6 Å². The van der Waals surface area contributed by atoms with E-state index in [1.165, 1.54) is 0 Å². The number of rotatable bonds is 0. The Bertz CT molecular complexity index is 3730. The van der Waals surface area contributed by atoms with Gasteiger partial charge in [0.25, 0.3) is 0 Å². The average Bonchev–Trinajstić information content (AvgIpc) is 3.46. The first-order valence-corrected chi connectivity index (χ1v) is 30.3. The molecule has 0 aromatic heterocycles. The predicted molar refractivity (Wildman–Crippen MR) is 358 cm³/mol. The van der Waals surface area contributed by atoms with Gasteiger partial charge in [0.2, 0.25) is 0 Å². The molecule has 0 saturated carbocycles. The van der Waals surface area contributed by atoms with Gasteiger partial charge in [0.1, 0.15) is 0 Å². The van der Waals surface area contributed by atoms with Gasteiger partial charge in [-0.1, -0.05) is 251 Å². The van der Waals surface area contributed by atoms with Crippen molar-refractivity contribution in [2.75, 3.05) is 0 Å². The van der Waals surface area contributed by atoms with E-state index >= 15 is 0 Å². The van der Waals surface area contributed by atoms with Crippen molar-refractivity contribution in [1.82, 2.24) is 0 Å². The normalized spacial score (nSPS) is 17.4. The minimum Gasteiger partial charge on any atom is -0.289 e. The van der Waals surface area contributed by atoms with Crippen LogP contribution in [0.2, 0.25) is 0 Å². The molecule has 4 aliphatic carbocycles. The van der Waals surface area contributed by atoms with Crippen LogP contribution in [0.3, 0.4) is 0 Å². The standard InChI is InChI=1S/C42H48O2.C38H46O2/c1-39(2,3)31-21-25(22-32(37(31)43)40(4,5)6)35-27-17-13-15-19-29(27)36(30-20-16-14-18-28(30)35)26-23-33(41(7,8)9)38(44)34(24-26)42(10,11)12;1-35(2,3)29-19-23(20-30(33(29)39)36(4,5)6)25-17-18-26(28-16-14-13-15-27(25)28)24-21-31(37(7,8)9)34(40)32(22-24)38(10,11)12/h13-24H,1-12H3;13-22H,1-12H3. The number of hydrogen-bond acceptors (Lipinski definition) is 4. The zero-order valence-corrected chi connectivity index (χ0v) is 55.3. The molecular formula is C80H94O4. The number of benzene rings is 5. The summed E-state index contributed by atoms with van der Waals surface area (Å²) in [5.74, 6) is 0.570. The molecule has 0 amide bonds. The Hall–Kier alpha value is -7.04. The molecule has 0 N–H and O–H groups in total. The van der Waals surface area contributed by atoms with E-state index in [2.05, 4.69) is 300 Å².